The molecule has 34 heavy (non-hydrogen) atoms. The van der Waals surface area contributed by atoms with Crippen LogP contribution in [-0.2, 0) is 16.0 Å². The minimum Gasteiger partial charge on any atom is -0.481 e. The quantitative estimate of drug-likeness (QED) is 0.475. The molecule has 0 aliphatic heterocycles. The molecule has 3 aromatic rings. The van der Waals surface area contributed by atoms with Crippen LogP contribution in [0, 0.1) is 25.7 Å². The van der Waals surface area contributed by atoms with E-state index in [1.54, 1.807) is 12.3 Å². The number of carboxylic acid groups (broad SMARTS) is 1. The fourth-order valence-corrected chi connectivity index (χ4v) is 4.78. The number of carbonyl (C=O) groups is 3. The number of rotatable bonds is 7. The Balaban J connectivity index is 1.39. The highest BCUT2D eigenvalue weighted by Crippen LogP contribution is 2.34. The summed E-state index contributed by atoms with van der Waals surface area (Å²) < 4.78 is 0. The summed E-state index contributed by atoms with van der Waals surface area (Å²) in [4.78, 5) is 40.9. The number of hydrogen-bond acceptors (Lipinski definition) is 4. The Morgan fingerprint density at radius 3 is 2.18 bits per heavy atom. The first-order chi connectivity index (χ1) is 16.3. The number of benzene rings is 2. The Labute approximate surface area is 199 Å². The van der Waals surface area contributed by atoms with Gasteiger partial charge < -0.3 is 10.4 Å². The fourth-order valence-electron chi connectivity index (χ4n) is 4.78. The third-order valence-corrected chi connectivity index (χ3v) is 6.33. The molecule has 2 atom stereocenters. The van der Waals surface area contributed by atoms with E-state index in [1.807, 2.05) is 56.3 Å². The fraction of sp³-hybridized carbons (Fsp3) is 0.286. The van der Waals surface area contributed by atoms with Crippen LogP contribution < -0.4 is 5.32 Å². The smallest absolute Gasteiger partial charge is 0.307 e. The third-order valence-electron chi connectivity index (χ3n) is 6.33. The number of hydrogen-bond donors (Lipinski definition) is 2. The van der Waals surface area contributed by atoms with Gasteiger partial charge in [0.2, 0.25) is 5.91 Å². The number of nitrogens with one attached hydrogen (secondary N) is 1. The Kier molecular flexibility index (Phi) is 6.87. The van der Waals surface area contributed by atoms with Crippen molar-refractivity contribution in [2.75, 3.05) is 5.32 Å². The van der Waals surface area contributed by atoms with Crippen LogP contribution in [-0.4, -0.2) is 27.8 Å². The summed E-state index contributed by atoms with van der Waals surface area (Å²) >= 11 is 0. The number of carbonyl (C=O) groups excluding carboxylic acids is 2. The average molecular weight is 457 g/mol. The summed E-state index contributed by atoms with van der Waals surface area (Å²) in [7, 11) is 0. The molecule has 1 amide bonds. The lowest BCUT2D eigenvalue weighted by Crippen LogP contribution is -2.25. The van der Waals surface area contributed by atoms with E-state index in [9.17, 15) is 19.5 Å². The second-order valence-corrected chi connectivity index (χ2v) is 9.08. The molecule has 0 bridgehead atoms. The van der Waals surface area contributed by atoms with E-state index in [2.05, 4.69) is 16.4 Å². The molecule has 4 rings (SSSR count). The molecular formula is C28H28N2O4. The summed E-state index contributed by atoms with van der Waals surface area (Å²) in [6.45, 7) is 4.04. The molecule has 0 radical (unpaired) electrons. The maximum Gasteiger partial charge on any atom is 0.307 e. The largest absolute Gasteiger partial charge is 0.481 e. The predicted molar refractivity (Wildman–Crippen MR) is 131 cm³/mol. The number of aryl methyl sites for hydroxylation is 2. The summed E-state index contributed by atoms with van der Waals surface area (Å²) in [5, 5.41) is 12.3. The Morgan fingerprint density at radius 1 is 0.912 bits per heavy atom. The maximum absolute atomic E-state index is 12.8. The highest BCUT2D eigenvalue weighted by molar-refractivity contribution is 5.99. The van der Waals surface area contributed by atoms with E-state index in [-0.39, 0.29) is 11.7 Å². The number of carboxylic acids is 1. The first kappa shape index (κ1) is 23.4. The van der Waals surface area contributed by atoms with Crippen LogP contribution in [0.1, 0.15) is 46.4 Å². The van der Waals surface area contributed by atoms with Crippen LogP contribution in [0.25, 0.3) is 11.1 Å². The van der Waals surface area contributed by atoms with E-state index < -0.39 is 17.8 Å². The highest BCUT2D eigenvalue weighted by atomic mass is 16.4. The van der Waals surface area contributed by atoms with Gasteiger partial charge in [0.05, 0.1) is 12.3 Å². The molecule has 1 heterocycles. The number of amides is 1. The summed E-state index contributed by atoms with van der Waals surface area (Å²) in [5.74, 6) is -2.30. The van der Waals surface area contributed by atoms with Crippen molar-refractivity contribution in [3.05, 3.63) is 83.2 Å². The molecule has 6 nitrogen and oxygen atoms in total. The number of nitrogens with zero attached hydrogens (tertiary/aromatic N) is 1. The van der Waals surface area contributed by atoms with Crippen molar-refractivity contribution in [1.29, 1.82) is 0 Å². The third kappa shape index (κ3) is 5.39. The van der Waals surface area contributed by atoms with Crippen molar-refractivity contribution < 1.29 is 19.5 Å². The first-order valence-electron chi connectivity index (χ1n) is 11.5. The number of pyridine rings is 1. The molecule has 0 saturated heterocycles. The standard InChI is InChI=1S/C28H28N2O4/c1-17-12-18(2)14-19(13-17)15-26(31)30-22-9-6-20(7-10-22)21-8-11-25(29-16-21)27(32)23-4-3-5-24(23)28(33)34/h6-14,16,23-24H,3-5,15H2,1-2H3,(H,30,31)(H,33,34)/t23-,24-/m1/s1. The van der Waals surface area contributed by atoms with Crippen molar-refractivity contribution in [3.8, 4) is 11.1 Å². The average Bonchev–Trinajstić information content (AvgIpc) is 3.29. The van der Waals surface area contributed by atoms with Gasteiger partial charge in [-0.2, -0.15) is 0 Å². The molecule has 1 saturated carbocycles. The number of aromatic nitrogens is 1. The molecule has 2 N–H and O–H groups in total. The Bertz CT molecular complexity index is 1200. The highest BCUT2D eigenvalue weighted by Gasteiger charge is 2.38. The van der Waals surface area contributed by atoms with Gasteiger partial charge in [0.1, 0.15) is 5.69 Å². The van der Waals surface area contributed by atoms with E-state index in [1.165, 1.54) is 0 Å². The van der Waals surface area contributed by atoms with Crippen LogP contribution in [0.2, 0.25) is 0 Å². The molecule has 0 unspecified atom stereocenters. The minimum atomic E-state index is -0.909. The van der Waals surface area contributed by atoms with E-state index in [0.717, 1.165) is 34.2 Å². The molecular weight excluding hydrogens is 428 g/mol. The van der Waals surface area contributed by atoms with Gasteiger partial charge in [-0.3, -0.25) is 19.4 Å². The SMILES string of the molecule is Cc1cc(C)cc(CC(=O)Nc2ccc(-c3ccc(C(=O)[C@@H]4CCC[C@H]4C(=O)O)nc3)cc2)c1. The number of aliphatic carboxylic acids is 1. The molecule has 1 aliphatic rings. The van der Waals surface area contributed by atoms with Gasteiger partial charge in [0.25, 0.3) is 0 Å². The summed E-state index contributed by atoms with van der Waals surface area (Å²) in [6.07, 6.45) is 3.82. The number of ketones is 1. The molecule has 6 heteroatoms. The molecule has 174 valence electrons. The summed E-state index contributed by atoms with van der Waals surface area (Å²) in [5.41, 5.74) is 6.02. The van der Waals surface area contributed by atoms with Crippen molar-refractivity contribution in [2.24, 2.45) is 11.8 Å². The summed E-state index contributed by atoms with van der Waals surface area (Å²) in [6, 6.07) is 17.1. The molecule has 2 aromatic carbocycles. The van der Waals surface area contributed by atoms with Gasteiger partial charge in [0, 0.05) is 23.4 Å². The van der Waals surface area contributed by atoms with E-state index >= 15 is 0 Å². The van der Waals surface area contributed by atoms with Crippen LogP contribution in [0.15, 0.2) is 60.8 Å². The maximum atomic E-state index is 12.8. The zero-order valence-electron chi connectivity index (χ0n) is 19.4. The predicted octanol–water partition coefficient (Wildman–Crippen LogP) is 5.23. The lowest BCUT2D eigenvalue weighted by atomic mass is 9.90. The number of anilines is 1. The van der Waals surface area contributed by atoms with Gasteiger partial charge in [-0.25, -0.2) is 0 Å². The monoisotopic (exact) mass is 456 g/mol. The molecule has 0 spiro atoms. The van der Waals surface area contributed by atoms with Crippen LogP contribution in [0.3, 0.4) is 0 Å². The Morgan fingerprint density at radius 2 is 1.56 bits per heavy atom. The lowest BCUT2D eigenvalue weighted by molar-refractivity contribution is -0.142. The first-order valence-corrected chi connectivity index (χ1v) is 11.5. The van der Waals surface area contributed by atoms with Crippen molar-refractivity contribution in [3.63, 3.8) is 0 Å². The van der Waals surface area contributed by atoms with E-state index in [0.29, 0.717) is 30.6 Å². The topological polar surface area (TPSA) is 96.4 Å². The van der Waals surface area contributed by atoms with Gasteiger partial charge in [-0.1, -0.05) is 53.9 Å². The van der Waals surface area contributed by atoms with Gasteiger partial charge in [0.15, 0.2) is 5.78 Å². The lowest BCUT2D eigenvalue weighted by Gasteiger charge is -2.14. The van der Waals surface area contributed by atoms with Crippen LogP contribution >= 0.6 is 0 Å². The van der Waals surface area contributed by atoms with E-state index in [4.69, 9.17) is 0 Å². The van der Waals surface area contributed by atoms with Crippen molar-refractivity contribution >= 4 is 23.3 Å². The molecule has 1 fully saturated rings. The second-order valence-electron chi connectivity index (χ2n) is 9.08. The van der Waals surface area contributed by atoms with Gasteiger partial charge >= 0.3 is 5.97 Å². The van der Waals surface area contributed by atoms with Crippen LogP contribution in [0.5, 0.6) is 0 Å². The zero-order chi connectivity index (χ0) is 24.2. The van der Waals surface area contributed by atoms with Gasteiger partial charge in [-0.15, -0.1) is 0 Å². The zero-order valence-corrected chi connectivity index (χ0v) is 19.4. The van der Waals surface area contributed by atoms with Crippen LogP contribution in [0.4, 0.5) is 5.69 Å². The molecule has 1 aromatic heterocycles. The molecule has 1 aliphatic carbocycles. The number of Topliss-reactive ketones (excluding diaryl/α,β-unsaturated/α-hetero) is 1. The van der Waals surface area contributed by atoms with Crippen molar-refractivity contribution in [1.82, 2.24) is 4.98 Å². The van der Waals surface area contributed by atoms with Crippen molar-refractivity contribution in [2.45, 2.75) is 39.5 Å². The second kappa shape index (κ2) is 10.00. The Hall–Kier alpha value is -3.80. The normalized spacial score (nSPS) is 17.4. The minimum absolute atomic E-state index is 0.0751. The van der Waals surface area contributed by atoms with Gasteiger partial charge in [-0.05, 0) is 56.0 Å².